The summed E-state index contributed by atoms with van der Waals surface area (Å²) in [6.07, 6.45) is 4.41. The summed E-state index contributed by atoms with van der Waals surface area (Å²) >= 11 is 0. The van der Waals surface area contributed by atoms with Crippen molar-refractivity contribution < 1.29 is 9.59 Å². The molecule has 28 heavy (non-hydrogen) atoms. The van der Waals surface area contributed by atoms with E-state index in [2.05, 4.69) is 20.6 Å². The number of carbonyl (C=O) groups excluding carboxylic acids is 2. The van der Waals surface area contributed by atoms with Gasteiger partial charge < -0.3 is 10.6 Å². The van der Waals surface area contributed by atoms with Crippen molar-refractivity contribution in [2.24, 2.45) is 5.92 Å². The minimum Gasteiger partial charge on any atom is -0.326 e. The van der Waals surface area contributed by atoms with Crippen molar-refractivity contribution in [3.8, 4) is 0 Å². The average molecular weight is 374 g/mol. The molecule has 2 heterocycles. The highest BCUT2D eigenvalue weighted by Gasteiger charge is 2.17. The molecule has 3 aromatic rings. The van der Waals surface area contributed by atoms with E-state index in [1.807, 2.05) is 49.4 Å². The monoisotopic (exact) mass is 374 g/mol. The van der Waals surface area contributed by atoms with Gasteiger partial charge in [0.15, 0.2) is 0 Å². The standard InChI is InChI=1S/C22H22N4O2/c1-14(11-17-13-23-19-6-2-3-7-20(19)24-17)22(28)25-16-9-10-18-15(12-16)5-4-8-21(27)26-18/h2-3,6-7,9-10,12-14H,4-5,8,11H2,1H3,(H,25,28)(H,26,27). The van der Waals surface area contributed by atoms with Crippen LogP contribution in [0.3, 0.4) is 0 Å². The molecule has 0 saturated carbocycles. The van der Waals surface area contributed by atoms with Gasteiger partial charge in [-0.1, -0.05) is 19.1 Å². The molecule has 2 N–H and O–H groups in total. The third kappa shape index (κ3) is 4.01. The summed E-state index contributed by atoms with van der Waals surface area (Å²) in [4.78, 5) is 33.3. The second kappa shape index (κ2) is 7.76. The summed E-state index contributed by atoms with van der Waals surface area (Å²) in [5.41, 5.74) is 5.11. The molecule has 2 amide bonds. The van der Waals surface area contributed by atoms with Crippen LogP contribution in [0.4, 0.5) is 11.4 Å². The third-order valence-corrected chi connectivity index (χ3v) is 4.96. The molecule has 1 unspecified atom stereocenters. The minimum atomic E-state index is -0.242. The van der Waals surface area contributed by atoms with Gasteiger partial charge in [-0.05, 0) is 48.7 Å². The Hall–Kier alpha value is -3.28. The van der Waals surface area contributed by atoms with E-state index in [-0.39, 0.29) is 17.7 Å². The van der Waals surface area contributed by atoms with E-state index >= 15 is 0 Å². The molecule has 0 aliphatic carbocycles. The Morgan fingerprint density at radius 3 is 2.86 bits per heavy atom. The number of amides is 2. The zero-order valence-electron chi connectivity index (χ0n) is 15.7. The van der Waals surface area contributed by atoms with Crippen LogP contribution in [0.1, 0.15) is 31.0 Å². The van der Waals surface area contributed by atoms with E-state index < -0.39 is 0 Å². The SMILES string of the molecule is CC(Cc1cnc2ccccc2n1)C(=O)Nc1ccc2c(c1)CCCC(=O)N2. The number of fused-ring (bicyclic) bond motifs is 2. The zero-order chi connectivity index (χ0) is 19.5. The van der Waals surface area contributed by atoms with Crippen LogP contribution < -0.4 is 10.6 Å². The molecular weight excluding hydrogens is 352 g/mol. The van der Waals surface area contributed by atoms with Gasteiger partial charge in [0.1, 0.15) is 0 Å². The maximum atomic E-state index is 12.6. The molecule has 0 spiro atoms. The van der Waals surface area contributed by atoms with Gasteiger partial charge in [-0.2, -0.15) is 0 Å². The number of anilines is 2. The smallest absolute Gasteiger partial charge is 0.227 e. The molecule has 142 valence electrons. The fraction of sp³-hybridized carbons (Fsp3) is 0.273. The molecule has 4 rings (SSSR count). The molecular formula is C22H22N4O2. The molecule has 2 aromatic carbocycles. The first-order chi connectivity index (χ1) is 13.6. The fourth-order valence-corrected chi connectivity index (χ4v) is 3.42. The Morgan fingerprint density at radius 2 is 2.00 bits per heavy atom. The molecule has 0 saturated heterocycles. The molecule has 1 atom stereocenters. The van der Waals surface area contributed by atoms with Gasteiger partial charge in [0, 0.05) is 36.3 Å². The van der Waals surface area contributed by atoms with E-state index in [4.69, 9.17) is 0 Å². The van der Waals surface area contributed by atoms with Gasteiger partial charge in [-0.25, -0.2) is 4.98 Å². The fourth-order valence-electron chi connectivity index (χ4n) is 3.42. The summed E-state index contributed by atoms with van der Waals surface area (Å²) in [6.45, 7) is 1.88. The molecule has 1 aliphatic heterocycles. The molecule has 1 aliphatic rings. The lowest BCUT2D eigenvalue weighted by molar-refractivity contribution is -0.119. The van der Waals surface area contributed by atoms with E-state index in [9.17, 15) is 9.59 Å². The minimum absolute atomic E-state index is 0.0423. The van der Waals surface area contributed by atoms with Crippen molar-refractivity contribution in [2.75, 3.05) is 10.6 Å². The van der Waals surface area contributed by atoms with Gasteiger partial charge >= 0.3 is 0 Å². The largest absolute Gasteiger partial charge is 0.326 e. The first-order valence-electron chi connectivity index (χ1n) is 9.53. The van der Waals surface area contributed by atoms with Crippen LogP contribution in [-0.4, -0.2) is 21.8 Å². The van der Waals surface area contributed by atoms with E-state index in [1.54, 1.807) is 6.20 Å². The number of hydrogen-bond acceptors (Lipinski definition) is 4. The van der Waals surface area contributed by atoms with Crippen molar-refractivity contribution in [3.05, 3.63) is 59.9 Å². The number of hydrogen-bond donors (Lipinski definition) is 2. The highest BCUT2D eigenvalue weighted by molar-refractivity contribution is 5.95. The van der Waals surface area contributed by atoms with Crippen molar-refractivity contribution in [1.29, 1.82) is 0 Å². The molecule has 0 radical (unpaired) electrons. The topological polar surface area (TPSA) is 84.0 Å². The zero-order valence-corrected chi connectivity index (χ0v) is 15.7. The van der Waals surface area contributed by atoms with Crippen molar-refractivity contribution in [2.45, 2.75) is 32.6 Å². The summed E-state index contributed by atoms with van der Waals surface area (Å²) in [6, 6.07) is 13.3. The lowest BCUT2D eigenvalue weighted by Gasteiger charge is -2.14. The number of nitrogens with one attached hydrogen (secondary N) is 2. The Morgan fingerprint density at radius 1 is 1.18 bits per heavy atom. The lowest BCUT2D eigenvalue weighted by atomic mass is 10.0. The highest BCUT2D eigenvalue weighted by atomic mass is 16.2. The van der Waals surface area contributed by atoms with Crippen LogP contribution in [0.5, 0.6) is 0 Å². The van der Waals surface area contributed by atoms with Crippen LogP contribution in [0.25, 0.3) is 11.0 Å². The van der Waals surface area contributed by atoms with Gasteiger partial charge in [-0.3, -0.25) is 14.6 Å². The van der Waals surface area contributed by atoms with Crippen LogP contribution in [0.2, 0.25) is 0 Å². The maximum Gasteiger partial charge on any atom is 0.227 e. The molecule has 6 heteroatoms. The van der Waals surface area contributed by atoms with Crippen molar-refractivity contribution >= 4 is 34.2 Å². The maximum absolute atomic E-state index is 12.6. The summed E-state index contributed by atoms with van der Waals surface area (Å²) in [7, 11) is 0. The number of nitrogens with zero attached hydrogens (tertiary/aromatic N) is 2. The van der Waals surface area contributed by atoms with Crippen LogP contribution >= 0.6 is 0 Å². The van der Waals surface area contributed by atoms with Crippen LogP contribution in [-0.2, 0) is 22.4 Å². The van der Waals surface area contributed by atoms with E-state index in [0.717, 1.165) is 46.5 Å². The predicted molar refractivity (Wildman–Crippen MR) is 109 cm³/mol. The van der Waals surface area contributed by atoms with Gasteiger partial charge in [0.05, 0.1) is 16.7 Å². The van der Waals surface area contributed by atoms with E-state index in [1.165, 1.54) is 0 Å². The van der Waals surface area contributed by atoms with Crippen molar-refractivity contribution in [3.63, 3.8) is 0 Å². The Balaban J connectivity index is 1.44. The number of para-hydroxylation sites is 2. The Kier molecular flexibility index (Phi) is 5.02. The van der Waals surface area contributed by atoms with Crippen LogP contribution in [0.15, 0.2) is 48.7 Å². The Labute approximate surface area is 163 Å². The van der Waals surface area contributed by atoms with Gasteiger partial charge in [0.2, 0.25) is 11.8 Å². The lowest BCUT2D eigenvalue weighted by Crippen LogP contribution is -2.22. The molecule has 1 aromatic heterocycles. The second-order valence-electron chi connectivity index (χ2n) is 7.22. The van der Waals surface area contributed by atoms with Crippen LogP contribution in [0, 0.1) is 5.92 Å². The second-order valence-corrected chi connectivity index (χ2v) is 7.22. The van der Waals surface area contributed by atoms with Gasteiger partial charge in [0.25, 0.3) is 0 Å². The molecule has 0 fully saturated rings. The number of carbonyl (C=O) groups is 2. The summed E-state index contributed by atoms with van der Waals surface area (Å²) in [5.74, 6) is -0.262. The normalized spacial score (nSPS) is 14.7. The first kappa shape index (κ1) is 18.1. The third-order valence-electron chi connectivity index (χ3n) is 4.96. The quantitative estimate of drug-likeness (QED) is 0.729. The number of aromatic nitrogens is 2. The first-order valence-corrected chi connectivity index (χ1v) is 9.53. The highest BCUT2D eigenvalue weighted by Crippen LogP contribution is 2.25. The number of benzene rings is 2. The number of aryl methyl sites for hydroxylation is 1. The Bertz CT molecular complexity index is 1050. The number of rotatable bonds is 4. The van der Waals surface area contributed by atoms with Crippen molar-refractivity contribution in [1.82, 2.24) is 9.97 Å². The van der Waals surface area contributed by atoms with Gasteiger partial charge in [-0.15, -0.1) is 0 Å². The summed E-state index contributed by atoms with van der Waals surface area (Å²) < 4.78 is 0. The predicted octanol–water partition coefficient (Wildman–Crippen LogP) is 3.72. The molecule has 0 bridgehead atoms. The summed E-state index contributed by atoms with van der Waals surface area (Å²) in [5, 5.41) is 5.89. The average Bonchev–Trinajstić information content (AvgIpc) is 2.88. The van der Waals surface area contributed by atoms with E-state index in [0.29, 0.717) is 12.8 Å². The molecule has 6 nitrogen and oxygen atoms in total.